The van der Waals surface area contributed by atoms with E-state index in [0.717, 1.165) is 0 Å². The lowest BCUT2D eigenvalue weighted by Gasteiger charge is -2.44. The fourth-order valence-electron chi connectivity index (χ4n) is 1.47. The Kier molecular flexibility index (Phi) is 3.76. The molecule has 1 heterocycles. The highest BCUT2D eigenvalue weighted by molar-refractivity contribution is 7.89. The van der Waals surface area contributed by atoms with Crippen molar-refractivity contribution >= 4 is 10.0 Å². The van der Waals surface area contributed by atoms with Gasteiger partial charge in [-0.2, -0.15) is 4.31 Å². The number of sulfonamides is 1. The first-order valence-corrected chi connectivity index (χ1v) is 6.72. The largest absolute Gasteiger partial charge is 0.378 e. The minimum absolute atomic E-state index is 0.0429. The fraction of sp³-hybridized carbons (Fsp3) is 1.00. The highest BCUT2D eigenvalue weighted by Crippen LogP contribution is 2.21. The van der Waals surface area contributed by atoms with Crippen LogP contribution in [0.3, 0.4) is 0 Å². The molecule has 6 heteroatoms. The van der Waals surface area contributed by atoms with E-state index in [1.54, 1.807) is 0 Å². The molecule has 0 aromatic rings. The molecule has 90 valence electrons. The van der Waals surface area contributed by atoms with E-state index in [1.807, 2.05) is 20.8 Å². The molecular weight excluding hydrogens is 216 g/mol. The van der Waals surface area contributed by atoms with Crippen molar-refractivity contribution in [2.75, 3.05) is 25.4 Å². The van der Waals surface area contributed by atoms with Crippen LogP contribution in [0.2, 0.25) is 0 Å². The first-order chi connectivity index (χ1) is 6.73. The van der Waals surface area contributed by atoms with Gasteiger partial charge in [0, 0.05) is 18.6 Å². The second-order valence-corrected chi connectivity index (χ2v) is 6.75. The molecule has 0 amide bonds. The number of nitrogens with zero attached hydrogens (tertiary/aromatic N) is 1. The maximum absolute atomic E-state index is 11.7. The molecule has 0 saturated carbocycles. The van der Waals surface area contributed by atoms with Crippen molar-refractivity contribution in [3.8, 4) is 0 Å². The van der Waals surface area contributed by atoms with Crippen molar-refractivity contribution < 1.29 is 13.2 Å². The summed E-state index contributed by atoms with van der Waals surface area (Å²) in [6, 6.07) is 0. The van der Waals surface area contributed by atoms with Crippen molar-refractivity contribution in [2.45, 2.75) is 32.4 Å². The molecule has 1 aliphatic heterocycles. The summed E-state index contributed by atoms with van der Waals surface area (Å²) < 4.78 is 30.0. The first kappa shape index (κ1) is 12.9. The number of hydrogen-bond donors (Lipinski definition) is 1. The van der Waals surface area contributed by atoms with Crippen LogP contribution >= 0.6 is 0 Å². The molecular formula is C9H20N2O3S. The third kappa shape index (κ3) is 3.71. The quantitative estimate of drug-likeness (QED) is 0.716. The van der Waals surface area contributed by atoms with E-state index in [1.165, 1.54) is 4.31 Å². The molecule has 1 saturated heterocycles. The molecule has 1 rings (SSSR count). The monoisotopic (exact) mass is 236 g/mol. The Morgan fingerprint density at radius 3 is 2.40 bits per heavy atom. The van der Waals surface area contributed by atoms with E-state index in [4.69, 9.17) is 10.5 Å². The van der Waals surface area contributed by atoms with Gasteiger partial charge in [-0.1, -0.05) is 0 Å². The van der Waals surface area contributed by atoms with Crippen LogP contribution in [0.5, 0.6) is 0 Å². The van der Waals surface area contributed by atoms with E-state index >= 15 is 0 Å². The van der Waals surface area contributed by atoms with Crippen molar-refractivity contribution in [3.05, 3.63) is 0 Å². The van der Waals surface area contributed by atoms with Crippen LogP contribution in [0.4, 0.5) is 0 Å². The van der Waals surface area contributed by atoms with E-state index in [-0.39, 0.29) is 24.0 Å². The van der Waals surface area contributed by atoms with E-state index in [0.29, 0.717) is 13.1 Å². The summed E-state index contributed by atoms with van der Waals surface area (Å²) in [6.07, 6.45) is 0.0661. The predicted molar refractivity (Wildman–Crippen MR) is 59.0 cm³/mol. The molecule has 2 N–H and O–H groups in total. The molecule has 1 fully saturated rings. The van der Waals surface area contributed by atoms with Crippen LogP contribution in [0.1, 0.15) is 20.8 Å². The summed E-state index contributed by atoms with van der Waals surface area (Å²) in [5.41, 5.74) is 5.39. The zero-order valence-electron chi connectivity index (χ0n) is 9.56. The average Bonchev–Trinajstić information content (AvgIpc) is 1.98. The third-order valence-electron chi connectivity index (χ3n) is 2.26. The summed E-state index contributed by atoms with van der Waals surface area (Å²) in [5.74, 6) is 0.0429. The Hall–Kier alpha value is -0.170. The van der Waals surface area contributed by atoms with Gasteiger partial charge in [-0.25, -0.2) is 8.42 Å². The van der Waals surface area contributed by atoms with Gasteiger partial charge < -0.3 is 10.5 Å². The minimum atomic E-state index is -3.16. The summed E-state index contributed by atoms with van der Waals surface area (Å²) in [6.45, 7) is 6.69. The summed E-state index contributed by atoms with van der Waals surface area (Å²) in [7, 11) is -3.16. The molecule has 0 unspecified atom stereocenters. The molecule has 0 aliphatic carbocycles. The van der Waals surface area contributed by atoms with Crippen LogP contribution in [0.15, 0.2) is 0 Å². The van der Waals surface area contributed by atoms with Gasteiger partial charge in [0.15, 0.2) is 0 Å². The Labute approximate surface area is 91.6 Å². The molecule has 5 nitrogen and oxygen atoms in total. The average molecular weight is 236 g/mol. The van der Waals surface area contributed by atoms with Gasteiger partial charge in [-0.05, 0) is 20.8 Å². The van der Waals surface area contributed by atoms with Crippen LogP contribution in [0, 0.1) is 0 Å². The Morgan fingerprint density at radius 1 is 1.47 bits per heavy atom. The smallest absolute Gasteiger partial charge is 0.216 e. The van der Waals surface area contributed by atoms with Crippen LogP contribution in [0.25, 0.3) is 0 Å². The van der Waals surface area contributed by atoms with Gasteiger partial charge >= 0.3 is 0 Å². The normalized spacial score (nSPS) is 21.7. The molecule has 0 radical (unpaired) electrons. The third-order valence-corrected chi connectivity index (χ3v) is 3.99. The second kappa shape index (κ2) is 4.37. The zero-order valence-corrected chi connectivity index (χ0v) is 10.4. The highest BCUT2D eigenvalue weighted by Gasteiger charge is 2.41. The number of ether oxygens (including phenoxy) is 1. The van der Waals surface area contributed by atoms with Gasteiger partial charge in [0.25, 0.3) is 0 Å². The fourth-order valence-corrected chi connectivity index (χ4v) is 3.02. The summed E-state index contributed by atoms with van der Waals surface area (Å²) in [5, 5.41) is 0. The highest BCUT2D eigenvalue weighted by atomic mass is 32.2. The minimum Gasteiger partial charge on any atom is -0.378 e. The Balaban J connectivity index is 2.35. The maximum Gasteiger partial charge on any atom is 0.216 e. The van der Waals surface area contributed by atoms with Crippen molar-refractivity contribution in [3.63, 3.8) is 0 Å². The molecule has 0 aromatic carbocycles. The van der Waals surface area contributed by atoms with Crippen molar-refractivity contribution in [1.29, 1.82) is 0 Å². The van der Waals surface area contributed by atoms with Gasteiger partial charge in [0.2, 0.25) is 10.0 Å². The Bertz CT molecular complexity index is 303. The van der Waals surface area contributed by atoms with Gasteiger partial charge in [-0.3, -0.25) is 0 Å². The predicted octanol–water partition coefficient (Wildman–Crippen LogP) is -0.226. The number of nitrogens with two attached hydrogens (primary N) is 1. The van der Waals surface area contributed by atoms with Crippen molar-refractivity contribution in [1.82, 2.24) is 4.31 Å². The lowest BCUT2D eigenvalue weighted by Crippen LogP contribution is -2.67. The second-order valence-electron chi connectivity index (χ2n) is 4.66. The standard InChI is InChI=1S/C9H20N2O3S/c1-8(2)14-4-5-15(12,13)11-6-9(3,10)7-11/h8H,4-7,10H2,1-3H3. The van der Waals surface area contributed by atoms with Crippen LogP contribution in [-0.2, 0) is 14.8 Å². The van der Waals surface area contributed by atoms with E-state index in [2.05, 4.69) is 0 Å². The van der Waals surface area contributed by atoms with Crippen LogP contribution < -0.4 is 5.73 Å². The molecule has 0 bridgehead atoms. The summed E-state index contributed by atoms with van der Waals surface area (Å²) in [4.78, 5) is 0. The summed E-state index contributed by atoms with van der Waals surface area (Å²) >= 11 is 0. The molecule has 0 atom stereocenters. The maximum atomic E-state index is 11.7. The lowest BCUT2D eigenvalue weighted by atomic mass is 9.97. The molecule has 0 spiro atoms. The van der Waals surface area contributed by atoms with Gasteiger partial charge in [0.05, 0.1) is 18.5 Å². The number of rotatable bonds is 5. The molecule has 15 heavy (non-hydrogen) atoms. The zero-order chi connectivity index (χ0) is 11.7. The van der Waals surface area contributed by atoms with Crippen molar-refractivity contribution in [2.24, 2.45) is 5.73 Å². The van der Waals surface area contributed by atoms with Crippen LogP contribution in [-0.4, -0.2) is 49.8 Å². The van der Waals surface area contributed by atoms with Gasteiger partial charge in [-0.15, -0.1) is 0 Å². The van der Waals surface area contributed by atoms with Gasteiger partial charge in [0.1, 0.15) is 0 Å². The van der Waals surface area contributed by atoms with E-state index in [9.17, 15) is 8.42 Å². The first-order valence-electron chi connectivity index (χ1n) is 5.11. The SMILES string of the molecule is CC(C)OCCS(=O)(=O)N1CC(C)(N)C1. The Morgan fingerprint density at radius 2 is 2.00 bits per heavy atom. The number of hydrogen-bond acceptors (Lipinski definition) is 4. The topological polar surface area (TPSA) is 72.6 Å². The van der Waals surface area contributed by atoms with E-state index < -0.39 is 10.0 Å². The molecule has 0 aromatic heterocycles. The lowest BCUT2D eigenvalue weighted by molar-refractivity contribution is 0.0894. The molecule has 1 aliphatic rings.